The Labute approximate surface area is 173 Å². The van der Waals surface area contributed by atoms with Gasteiger partial charge in [0.1, 0.15) is 11.1 Å². The van der Waals surface area contributed by atoms with E-state index in [1.165, 1.54) is 36.0 Å². The lowest BCUT2D eigenvalue weighted by Gasteiger charge is -2.15. The zero-order chi connectivity index (χ0) is 20.5. The van der Waals surface area contributed by atoms with Crippen LogP contribution in [0.15, 0.2) is 47.5 Å². The number of benzene rings is 2. The smallest absolute Gasteiger partial charge is 0.242 e. The number of halogens is 1. The van der Waals surface area contributed by atoms with Crippen LogP contribution in [0.1, 0.15) is 30.4 Å². The van der Waals surface area contributed by atoms with Gasteiger partial charge in [-0.25, -0.2) is 9.38 Å². The first-order valence-electron chi connectivity index (χ1n) is 9.61. The molecule has 150 valence electrons. The van der Waals surface area contributed by atoms with Crippen molar-refractivity contribution >= 4 is 40.1 Å². The van der Waals surface area contributed by atoms with Gasteiger partial charge < -0.3 is 5.32 Å². The number of amidine groups is 1. The van der Waals surface area contributed by atoms with E-state index in [0.29, 0.717) is 10.9 Å². The van der Waals surface area contributed by atoms with Crippen LogP contribution >= 0.6 is 11.8 Å². The van der Waals surface area contributed by atoms with Crippen LogP contribution in [0.2, 0.25) is 0 Å². The maximum Gasteiger partial charge on any atom is 0.242 e. The van der Waals surface area contributed by atoms with Crippen molar-refractivity contribution < 1.29 is 14.0 Å². The van der Waals surface area contributed by atoms with Crippen molar-refractivity contribution in [2.45, 2.75) is 44.4 Å². The molecule has 1 saturated heterocycles. The molecular formula is C22H22FN3O2S. The summed E-state index contributed by atoms with van der Waals surface area (Å²) < 4.78 is 13.0. The number of hydrogen-bond donors (Lipinski definition) is 1. The Bertz CT molecular complexity index is 966. The van der Waals surface area contributed by atoms with Gasteiger partial charge in [-0.1, -0.05) is 17.8 Å². The number of anilines is 1. The predicted octanol–water partition coefficient (Wildman–Crippen LogP) is 4.57. The van der Waals surface area contributed by atoms with Crippen LogP contribution in [0.3, 0.4) is 0 Å². The largest absolute Gasteiger partial charge is 0.326 e. The fraction of sp³-hybridized carbons (Fsp3) is 0.318. The van der Waals surface area contributed by atoms with Crippen molar-refractivity contribution in [2.24, 2.45) is 4.99 Å². The summed E-state index contributed by atoms with van der Waals surface area (Å²) in [5.41, 5.74) is 3.56. The number of nitrogens with zero attached hydrogens (tertiary/aromatic N) is 2. The molecule has 0 aromatic heterocycles. The normalized spacial score (nSPS) is 20.4. The molecule has 0 radical (unpaired) electrons. The lowest BCUT2D eigenvalue weighted by atomic mass is 10.1. The molecule has 2 aromatic carbocycles. The van der Waals surface area contributed by atoms with Gasteiger partial charge in [0, 0.05) is 18.2 Å². The third-order valence-electron chi connectivity index (χ3n) is 4.81. The van der Waals surface area contributed by atoms with Crippen LogP contribution in [0.4, 0.5) is 15.8 Å². The van der Waals surface area contributed by atoms with Crippen LogP contribution < -0.4 is 5.32 Å². The Morgan fingerprint density at radius 3 is 2.45 bits per heavy atom. The number of amides is 2. The maximum absolute atomic E-state index is 13.0. The molecule has 4 rings (SSSR count). The monoisotopic (exact) mass is 411 g/mol. The van der Waals surface area contributed by atoms with E-state index in [2.05, 4.69) is 11.4 Å². The summed E-state index contributed by atoms with van der Waals surface area (Å²) in [6, 6.07) is 11.8. The van der Waals surface area contributed by atoms with E-state index in [4.69, 9.17) is 4.99 Å². The van der Waals surface area contributed by atoms with Crippen molar-refractivity contribution in [3.63, 3.8) is 0 Å². The Morgan fingerprint density at radius 1 is 1.17 bits per heavy atom. The van der Waals surface area contributed by atoms with E-state index in [1.54, 1.807) is 4.90 Å². The van der Waals surface area contributed by atoms with Crippen LogP contribution in [-0.4, -0.2) is 33.2 Å². The summed E-state index contributed by atoms with van der Waals surface area (Å²) in [5.74, 6) is -0.697. The Hall–Kier alpha value is -2.67. The highest BCUT2D eigenvalue weighted by Gasteiger charge is 2.46. The van der Waals surface area contributed by atoms with E-state index >= 15 is 0 Å². The lowest BCUT2D eigenvalue weighted by Crippen LogP contribution is -2.35. The highest BCUT2D eigenvalue weighted by atomic mass is 32.2. The van der Waals surface area contributed by atoms with E-state index in [0.717, 1.165) is 29.7 Å². The molecule has 2 aliphatic rings. The number of aryl methyl sites for hydroxylation is 2. The Morgan fingerprint density at radius 2 is 1.83 bits per heavy atom. The minimum atomic E-state index is -0.499. The fourth-order valence-corrected chi connectivity index (χ4v) is 4.62. The predicted molar refractivity (Wildman–Crippen MR) is 114 cm³/mol. The minimum Gasteiger partial charge on any atom is -0.326 e. The summed E-state index contributed by atoms with van der Waals surface area (Å²) >= 11 is 1.35. The quantitative estimate of drug-likeness (QED) is 0.784. The highest BCUT2D eigenvalue weighted by Crippen LogP contribution is 2.39. The molecule has 1 unspecified atom stereocenters. The minimum absolute atomic E-state index is 0.0515. The zero-order valence-corrected chi connectivity index (χ0v) is 17.1. The summed E-state index contributed by atoms with van der Waals surface area (Å²) in [6.07, 6.45) is 1.98. The van der Waals surface area contributed by atoms with E-state index in [9.17, 15) is 14.0 Å². The summed E-state index contributed by atoms with van der Waals surface area (Å²) in [7, 11) is 0. The van der Waals surface area contributed by atoms with Crippen LogP contribution in [-0.2, 0) is 9.59 Å². The molecule has 1 aliphatic heterocycles. The number of carbonyl (C=O) groups excluding carboxylic acids is 2. The Balaban J connectivity index is 1.50. The van der Waals surface area contributed by atoms with Crippen LogP contribution in [0.5, 0.6) is 0 Å². The second-order valence-corrected chi connectivity index (χ2v) is 8.72. The maximum atomic E-state index is 13.0. The van der Waals surface area contributed by atoms with E-state index in [-0.39, 0.29) is 30.1 Å². The molecule has 1 N–H and O–H groups in total. The van der Waals surface area contributed by atoms with Gasteiger partial charge >= 0.3 is 0 Å². The molecule has 5 nitrogen and oxygen atoms in total. The molecular weight excluding hydrogens is 389 g/mol. The number of aliphatic imine (C=N–C) groups is 1. The first-order chi connectivity index (χ1) is 13.9. The SMILES string of the molecule is Cc1cc(C)cc(N=C2SC(CC(=O)Nc3ccc(F)cc3)C(=O)N2C2CC2)c1. The number of thioether (sulfide) groups is 1. The van der Waals surface area contributed by atoms with Gasteiger partial charge in [-0.3, -0.25) is 14.5 Å². The second-order valence-electron chi connectivity index (χ2n) is 7.55. The molecule has 1 heterocycles. The van der Waals surface area contributed by atoms with Crippen molar-refractivity contribution in [3.05, 3.63) is 59.4 Å². The first kappa shape index (κ1) is 19.6. The number of nitrogens with one attached hydrogen (secondary N) is 1. The first-order valence-corrected chi connectivity index (χ1v) is 10.5. The zero-order valence-electron chi connectivity index (χ0n) is 16.3. The van der Waals surface area contributed by atoms with E-state index in [1.807, 2.05) is 26.0 Å². The molecule has 29 heavy (non-hydrogen) atoms. The average molecular weight is 412 g/mol. The summed E-state index contributed by atoms with van der Waals surface area (Å²) in [5, 5.41) is 2.90. The van der Waals surface area contributed by atoms with Gasteiger partial charge in [0.2, 0.25) is 11.8 Å². The van der Waals surface area contributed by atoms with Gasteiger partial charge in [-0.2, -0.15) is 0 Å². The molecule has 2 amide bonds. The number of hydrogen-bond acceptors (Lipinski definition) is 4. The molecule has 2 fully saturated rings. The lowest BCUT2D eigenvalue weighted by molar-refractivity contribution is -0.128. The van der Waals surface area contributed by atoms with Crippen molar-refractivity contribution in [1.82, 2.24) is 4.90 Å². The second kappa shape index (κ2) is 7.99. The molecule has 1 atom stereocenters. The topological polar surface area (TPSA) is 61.8 Å². The van der Waals surface area contributed by atoms with Gasteiger partial charge in [0.25, 0.3) is 0 Å². The van der Waals surface area contributed by atoms with Gasteiger partial charge in [-0.05, 0) is 74.2 Å². The van der Waals surface area contributed by atoms with Crippen LogP contribution in [0.25, 0.3) is 0 Å². The highest BCUT2D eigenvalue weighted by molar-refractivity contribution is 8.15. The summed E-state index contributed by atoms with van der Waals surface area (Å²) in [4.78, 5) is 31.9. The van der Waals surface area contributed by atoms with Crippen LogP contribution in [0, 0.1) is 19.7 Å². The molecule has 2 aromatic rings. The van der Waals surface area contributed by atoms with Gasteiger partial charge in [0.05, 0.1) is 5.69 Å². The molecule has 1 saturated carbocycles. The van der Waals surface area contributed by atoms with Crippen molar-refractivity contribution in [3.8, 4) is 0 Å². The van der Waals surface area contributed by atoms with Crippen molar-refractivity contribution in [2.75, 3.05) is 5.32 Å². The molecule has 1 aliphatic carbocycles. The van der Waals surface area contributed by atoms with Gasteiger partial charge in [0.15, 0.2) is 5.17 Å². The van der Waals surface area contributed by atoms with Crippen molar-refractivity contribution in [1.29, 1.82) is 0 Å². The number of carbonyl (C=O) groups is 2. The Kier molecular flexibility index (Phi) is 5.41. The molecule has 7 heteroatoms. The van der Waals surface area contributed by atoms with E-state index < -0.39 is 5.25 Å². The van der Waals surface area contributed by atoms with Gasteiger partial charge in [-0.15, -0.1) is 0 Å². The molecule has 0 bridgehead atoms. The fourth-order valence-electron chi connectivity index (χ4n) is 3.40. The molecule has 0 spiro atoms. The third-order valence-corrected chi connectivity index (χ3v) is 5.96. The summed E-state index contributed by atoms with van der Waals surface area (Å²) in [6.45, 7) is 4.04. The third kappa shape index (κ3) is 4.67. The number of rotatable bonds is 5. The average Bonchev–Trinajstić information content (AvgIpc) is 3.42. The standard InChI is InChI=1S/C22H22FN3O2S/c1-13-9-14(2)11-17(10-13)25-22-26(18-7-8-18)21(28)19(29-22)12-20(27)24-16-5-3-15(23)4-6-16/h3-6,9-11,18-19H,7-8,12H2,1-2H3,(H,24,27).